The van der Waals surface area contributed by atoms with Crippen LogP contribution in [0.15, 0.2) is 23.8 Å². The van der Waals surface area contributed by atoms with Crippen LogP contribution in [0.5, 0.6) is 0 Å². The maximum Gasteiger partial charge on any atom is 0.142 e. The Morgan fingerprint density at radius 3 is 2.90 bits per heavy atom. The van der Waals surface area contributed by atoms with Crippen LogP contribution in [-0.2, 0) is 4.79 Å². The predicted octanol–water partition coefficient (Wildman–Crippen LogP) is 1.71. The first kappa shape index (κ1) is 5.90. The molecule has 0 N–H and O–H groups in total. The van der Waals surface area contributed by atoms with E-state index in [1.807, 2.05) is 0 Å². The first-order valence-electron chi connectivity index (χ1n) is 3.72. The Morgan fingerprint density at radius 2 is 2.40 bits per heavy atom. The van der Waals surface area contributed by atoms with Crippen LogP contribution >= 0.6 is 0 Å². The van der Waals surface area contributed by atoms with E-state index in [4.69, 9.17) is 0 Å². The molecule has 1 fully saturated rings. The van der Waals surface area contributed by atoms with Gasteiger partial charge in [0.25, 0.3) is 0 Å². The maximum atomic E-state index is 10.1. The first-order valence-corrected chi connectivity index (χ1v) is 3.72. The summed E-state index contributed by atoms with van der Waals surface area (Å²) in [4.78, 5) is 10.1. The Labute approximate surface area is 60.4 Å². The molecule has 0 radical (unpaired) electrons. The van der Waals surface area contributed by atoms with Crippen LogP contribution in [0.3, 0.4) is 0 Å². The van der Waals surface area contributed by atoms with E-state index in [9.17, 15) is 4.79 Å². The predicted molar refractivity (Wildman–Crippen MR) is 39.5 cm³/mol. The van der Waals surface area contributed by atoms with Gasteiger partial charge in [0.05, 0.1) is 0 Å². The minimum atomic E-state index is 0.607. The van der Waals surface area contributed by atoms with Gasteiger partial charge in [-0.2, -0.15) is 0 Å². The molecule has 1 heteroatoms. The molecule has 2 aliphatic rings. The van der Waals surface area contributed by atoms with Gasteiger partial charge in [0.2, 0.25) is 0 Å². The van der Waals surface area contributed by atoms with E-state index < -0.39 is 0 Å². The lowest BCUT2D eigenvalue weighted by Crippen LogP contribution is -1.91. The average molecular weight is 134 g/mol. The molecule has 2 unspecified atom stereocenters. The van der Waals surface area contributed by atoms with E-state index >= 15 is 0 Å². The molecule has 0 aromatic carbocycles. The lowest BCUT2D eigenvalue weighted by molar-refractivity contribution is -0.104. The van der Waals surface area contributed by atoms with Gasteiger partial charge in [-0.1, -0.05) is 17.7 Å². The molecular formula is C9H10O. The minimum Gasteiger partial charge on any atom is -0.299 e. The van der Waals surface area contributed by atoms with Crippen molar-refractivity contribution in [2.75, 3.05) is 0 Å². The van der Waals surface area contributed by atoms with Crippen LogP contribution in [0.4, 0.5) is 0 Å². The second kappa shape index (κ2) is 2.08. The molecule has 0 saturated heterocycles. The maximum absolute atomic E-state index is 10.1. The van der Waals surface area contributed by atoms with E-state index in [-0.39, 0.29) is 0 Å². The Balaban J connectivity index is 2.23. The van der Waals surface area contributed by atoms with Crippen molar-refractivity contribution in [1.82, 2.24) is 0 Å². The minimum absolute atomic E-state index is 0.607. The second-order valence-electron chi connectivity index (χ2n) is 3.07. The number of carbonyl (C=O) groups is 1. The van der Waals surface area contributed by atoms with Gasteiger partial charge in [-0.3, -0.25) is 4.79 Å². The van der Waals surface area contributed by atoms with E-state index in [0.717, 1.165) is 18.6 Å². The van der Waals surface area contributed by atoms with Gasteiger partial charge in [0, 0.05) is 0 Å². The normalized spacial score (nSPS) is 39.4. The summed E-state index contributed by atoms with van der Waals surface area (Å²) >= 11 is 0. The van der Waals surface area contributed by atoms with E-state index in [2.05, 4.69) is 12.2 Å². The zero-order valence-corrected chi connectivity index (χ0v) is 5.79. The molecule has 10 heavy (non-hydrogen) atoms. The molecule has 2 rings (SSSR count). The lowest BCUT2D eigenvalue weighted by Gasteiger charge is -2.04. The summed E-state index contributed by atoms with van der Waals surface area (Å²) in [7, 11) is 0. The number of hydrogen-bond acceptors (Lipinski definition) is 1. The summed E-state index contributed by atoms with van der Waals surface area (Å²) in [6.07, 6.45) is 9.51. The van der Waals surface area contributed by atoms with Gasteiger partial charge in [-0.05, 0) is 30.8 Å². The molecule has 2 bridgehead atoms. The average Bonchev–Trinajstić information content (AvgIpc) is 2.48. The molecular weight excluding hydrogens is 124 g/mol. The summed E-state index contributed by atoms with van der Waals surface area (Å²) in [6.45, 7) is 0. The highest BCUT2D eigenvalue weighted by Crippen LogP contribution is 2.42. The third-order valence-corrected chi connectivity index (χ3v) is 2.43. The molecule has 0 amide bonds. The standard InChI is InChI=1S/C9H10O/c10-4-3-9-6-7-1-2-8(9)5-7/h1-4,7-8H,5-6H2/b9-3-. The number of fused-ring (bicyclic) bond motifs is 2. The number of carbonyl (C=O) groups excluding carboxylic acids is 1. The highest BCUT2D eigenvalue weighted by molar-refractivity contribution is 5.67. The topological polar surface area (TPSA) is 17.1 Å². The Kier molecular flexibility index (Phi) is 1.23. The molecule has 0 aromatic rings. The number of allylic oxidation sites excluding steroid dienone is 4. The van der Waals surface area contributed by atoms with Crippen LogP contribution < -0.4 is 0 Å². The van der Waals surface area contributed by atoms with E-state index in [1.54, 1.807) is 6.08 Å². The molecule has 0 aromatic heterocycles. The summed E-state index contributed by atoms with van der Waals surface area (Å²) in [6, 6.07) is 0. The molecule has 1 saturated carbocycles. The van der Waals surface area contributed by atoms with Crippen LogP contribution in [0.2, 0.25) is 0 Å². The highest BCUT2D eigenvalue weighted by Gasteiger charge is 2.30. The third kappa shape index (κ3) is 0.737. The molecule has 2 atom stereocenters. The van der Waals surface area contributed by atoms with E-state index in [0.29, 0.717) is 5.92 Å². The van der Waals surface area contributed by atoms with Crippen LogP contribution in [0.25, 0.3) is 0 Å². The van der Waals surface area contributed by atoms with Crippen LogP contribution in [0, 0.1) is 11.8 Å². The first-order chi connectivity index (χ1) is 4.90. The van der Waals surface area contributed by atoms with Gasteiger partial charge in [0.15, 0.2) is 0 Å². The van der Waals surface area contributed by atoms with Crippen molar-refractivity contribution < 1.29 is 4.79 Å². The summed E-state index contributed by atoms with van der Waals surface area (Å²) in [5.41, 5.74) is 1.34. The van der Waals surface area contributed by atoms with Crippen molar-refractivity contribution in [2.45, 2.75) is 12.8 Å². The monoisotopic (exact) mass is 134 g/mol. The zero-order valence-electron chi connectivity index (χ0n) is 5.79. The highest BCUT2D eigenvalue weighted by atomic mass is 16.1. The molecule has 1 nitrogen and oxygen atoms in total. The largest absolute Gasteiger partial charge is 0.299 e. The Morgan fingerprint density at radius 1 is 1.50 bits per heavy atom. The number of hydrogen-bond donors (Lipinski definition) is 0. The van der Waals surface area contributed by atoms with Crippen molar-refractivity contribution in [2.24, 2.45) is 11.8 Å². The molecule has 0 heterocycles. The fraction of sp³-hybridized carbons (Fsp3) is 0.444. The van der Waals surface area contributed by atoms with Crippen molar-refractivity contribution in [3.63, 3.8) is 0 Å². The SMILES string of the molecule is O=C/C=C1/CC2C=CC1C2. The third-order valence-electron chi connectivity index (χ3n) is 2.43. The summed E-state index contributed by atoms with van der Waals surface area (Å²) < 4.78 is 0. The van der Waals surface area contributed by atoms with Crippen molar-refractivity contribution in [1.29, 1.82) is 0 Å². The van der Waals surface area contributed by atoms with Crippen molar-refractivity contribution in [3.8, 4) is 0 Å². The molecule has 0 spiro atoms. The quantitative estimate of drug-likeness (QED) is 0.303. The van der Waals surface area contributed by atoms with Gasteiger partial charge in [0.1, 0.15) is 6.29 Å². The van der Waals surface area contributed by atoms with Crippen LogP contribution in [-0.4, -0.2) is 6.29 Å². The number of rotatable bonds is 1. The second-order valence-corrected chi connectivity index (χ2v) is 3.07. The Hall–Kier alpha value is -0.850. The fourth-order valence-corrected chi connectivity index (χ4v) is 1.93. The zero-order chi connectivity index (χ0) is 6.97. The van der Waals surface area contributed by atoms with Gasteiger partial charge < -0.3 is 0 Å². The molecule has 0 aliphatic heterocycles. The van der Waals surface area contributed by atoms with E-state index in [1.165, 1.54) is 12.0 Å². The summed E-state index contributed by atoms with van der Waals surface area (Å²) in [5.74, 6) is 1.35. The van der Waals surface area contributed by atoms with Gasteiger partial charge in [-0.25, -0.2) is 0 Å². The number of aldehydes is 1. The smallest absolute Gasteiger partial charge is 0.142 e. The Bertz CT molecular complexity index is 213. The van der Waals surface area contributed by atoms with Crippen molar-refractivity contribution in [3.05, 3.63) is 23.8 Å². The van der Waals surface area contributed by atoms with Gasteiger partial charge >= 0.3 is 0 Å². The fourth-order valence-electron chi connectivity index (χ4n) is 1.93. The lowest BCUT2D eigenvalue weighted by atomic mass is 10.0. The van der Waals surface area contributed by atoms with Gasteiger partial charge in [-0.15, -0.1) is 0 Å². The summed E-state index contributed by atoms with van der Waals surface area (Å²) in [5, 5.41) is 0. The van der Waals surface area contributed by atoms with Crippen LogP contribution in [0.1, 0.15) is 12.8 Å². The molecule has 52 valence electrons. The van der Waals surface area contributed by atoms with Crippen molar-refractivity contribution >= 4 is 6.29 Å². The molecule has 2 aliphatic carbocycles.